The van der Waals surface area contributed by atoms with Gasteiger partial charge < -0.3 is 10.6 Å². The molecule has 0 aromatic heterocycles. The minimum Gasteiger partial charge on any atom is -0.356 e. The number of guanidine groups is 1. The molecular formula is C15H23N3. The molecule has 98 valence electrons. The summed E-state index contributed by atoms with van der Waals surface area (Å²) in [6.45, 7) is 9.59. The summed E-state index contributed by atoms with van der Waals surface area (Å²) in [5, 5.41) is 6.47. The summed E-state index contributed by atoms with van der Waals surface area (Å²) >= 11 is 0. The average Bonchev–Trinajstić information content (AvgIpc) is 2.38. The molecule has 1 aromatic rings. The topological polar surface area (TPSA) is 36.4 Å². The van der Waals surface area contributed by atoms with Crippen LogP contribution < -0.4 is 10.6 Å². The van der Waals surface area contributed by atoms with Crippen molar-refractivity contribution < 1.29 is 0 Å². The second-order valence-electron chi connectivity index (χ2n) is 4.44. The molecule has 0 heterocycles. The molecule has 1 unspecified atom stereocenters. The van der Waals surface area contributed by atoms with Crippen molar-refractivity contribution in [2.45, 2.75) is 19.8 Å². The fourth-order valence-electron chi connectivity index (χ4n) is 1.73. The van der Waals surface area contributed by atoms with Gasteiger partial charge in [-0.25, -0.2) is 0 Å². The molecule has 3 nitrogen and oxygen atoms in total. The van der Waals surface area contributed by atoms with Gasteiger partial charge in [-0.2, -0.15) is 0 Å². The van der Waals surface area contributed by atoms with Crippen LogP contribution in [0, 0.1) is 6.92 Å². The van der Waals surface area contributed by atoms with Crippen LogP contribution in [0.2, 0.25) is 0 Å². The molecule has 18 heavy (non-hydrogen) atoms. The van der Waals surface area contributed by atoms with Crippen molar-refractivity contribution in [3.63, 3.8) is 0 Å². The van der Waals surface area contributed by atoms with Crippen molar-refractivity contribution in [2.24, 2.45) is 4.99 Å². The van der Waals surface area contributed by atoms with Crippen molar-refractivity contribution in [1.29, 1.82) is 0 Å². The Hall–Kier alpha value is -1.77. The van der Waals surface area contributed by atoms with Crippen LogP contribution >= 0.6 is 0 Å². The largest absolute Gasteiger partial charge is 0.356 e. The molecule has 0 fully saturated rings. The van der Waals surface area contributed by atoms with Gasteiger partial charge in [0.05, 0.1) is 0 Å². The Morgan fingerprint density at radius 3 is 2.83 bits per heavy atom. The van der Waals surface area contributed by atoms with Gasteiger partial charge in [0.15, 0.2) is 5.96 Å². The van der Waals surface area contributed by atoms with Crippen LogP contribution in [0.1, 0.15) is 24.0 Å². The maximum absolute atomic E-state index is 4.16. The summed E-state index contributed by atoms with van der Waals surface area (Å²) in [5.74, 6) is 1.27. The van der Waals surface area contributed by atoms with Crippen LogP contribution in [-0.4, -0.2) is 26.1 Å². The van der Waals surface area contributed by atoms with Gasteiger partial charge in [-0.05, 0) is 18.4 Å². The Bertz CT molecular complexity index is 410. The van der Waals surface area contributed by atoms with E-state index in [2.05, 4.69) is 60.3 Å². The van der Waals surface area contributed by atoms with Gasteiger partial charge in [-0.1, -0.05) is 42.8 Å². The van der Waals surface area contributed by atoms with Gasteiger partial charge in [-0.15, -0.1) is 6.58 Å². The van der Waals surface area contributed by atoms with Crippen molar-refractivity contribution in [2.75, 3.05) is 20.1 Å². The van der Waals surface area contributed by atoms with Gasteiger partial charge in [0.1, 0.15) is 0 Å². The van der Waals surface area contributed by atoms with E-state index >= 15 is 0 Å². The second-order valence-corrected chi connectivity index (χ2v) is 4.44. The molecule has 0 aliphatic rings. The predicted octanol–water partition coefficient (Wildman–Crippen LogP) is 2.45. The molecule has 1 aromatic carbocycles. The molecule has 1 rings (SSSR count). The summed E-state index contributed by atoms with van der Waals surface area (Å²) in [6, 6.07) is 8.62. The predicted molar refractivity (Wildman–Crippen MR) is 79.2 cm³/mol. The number of aryl methyl sites for hydroxylation is 1. The first kappa shape index (κ1) is 14.3. The van der Waals surface area contributed by atoms with Crippen molar-refractivity contribution in [3.8, 4) is 0 Å². The first-order chi connectivity index (χ1) is 8.67. The Balaban J connectivity index is 2.49. The minimum absolute atomic E-state index is 0.451. The lowest BCUT2D eigenvalue weighted by Gasteiger charge is -2.16. The Morgan fingerprint density at radius 2 is 2.22 bits per heavy atom. The first-order valence-electron chi connectivity index (χ1n) is 6.29. The Labute approximate surface area is 110 Å². The number of aliphatic imine (C=N–C) groups is 1. The highest BCUT2D eigenvalue weighted by Crippen LogP contribution is 2.15. The highest BCUT2D eigenvalue weighted by molar-refractivity contribution is 5.79. The van der Waals surface area contributed by atoms with E-state index in [0.717, 1.165) is 19.0 Å². The standard InChI is InChI=1S/C15H23N3/c1-5-9-17-15(16-4)18-11-13(3)14-8-6-7-12(2)10-14/h5-8,10,13H,1,9,11H2,2-4H3,(H2,16,17,18). The lowest BCUT2D eigenvalue weighted by Crippen LogP contribution is -2.39. The van der Waals surface area contributed by atoms with Gasteiger partial charge in [0, 0.05) is 20.1 Å². The number of nitrogens with zero attached hydrogens (tertiary/aromatic N) is 1. The Morgan fingerprint density at radius 1 is 1.44 bits per heavy atom. The van der Waals surface area contributed by atoms with E-state index in [0.29, 0.717) is 5.92 Å². The second kappa shape index (κ2) is 7.54. The van der Waals surface area contributed by atoms with E-state index in [1.165, 1.54) is 11.1 Å². The maximum atomic E-state index is 4.16. The molecular weight excluding hydrogens is 222 g/mol. The quantitative estimate of drug-likeness (QED) is 0.475. The van der Waals surface area contributed by atoms with Crippen molar-refractivity contribution >= 4 is 5.96 Å². The fraction of sp³-hybridized carbons (Fsp3) is 0.400. The number of hydrogen-bond acceptors (Lipinski definition) is 1. The molecule has 0 amide bonds. The van der Waals surface area contributed by atoms with Crippen LogP contribution in [0.15, 0.2) is 41.9 Å². The zero-order chi connectivity index (χ0) is 13.4. The SMILES string of the molecule is C=CCNC(=NC)NCC(C)c1cccc(C)c1. The smallest absolute Gasteiger partial charge is 0.191 e. The van der Waals surface area contributed by atoms with Crippen LogP contribution in [0.25, 0.3) is 0 Å². The molecule has 0 spiro atoms. The first-order valence-corrected chi connectivity index (χ1v) is 6.29. The number of rotatable bonds is 5. The third-order valence-electron chi connectivity index (χ3n) is 2.82. The van der Waals surface area contributed by atoms with Gasteiger partial charge >= 0.3 is 0 Å². The summed E-state index contributed by atoms with van der Waals surface area (Å²) in [4.78, 5) is 4.16. The zero-order valence-electron chi connectivity index (χ0n) is 11.5. The lowest BCUT2D eigenvalue weighted by atomic mass is 9.99. The van der Waals surface area contributed by atoms with Crippen LogP contribution in [0.4, 0.5) is 0 Å². The van der Waals surface area contributed by atoms with E-state index in [1.807, 2.05) is 6.08 Å². The normalized spacial score (nSPS) is 12.9. The Kier molecular flexibility index (Phi) is 5.98. The number of hydrogen-bond donors (Lipinski definition) is 2. The van der Waals surface area contributed by atoms with Crippen LogP contribution in [-0.2, 0) is 0 Å². The van der Waals surface area contributed by atoms with E-state index in [1.54, 1.807) is 7.05 Å². The monoisotopic (exact) mass is 245 g/mol. The third kappa shape index (κ3) is 4.62. The van der Waals surface area contributed by atoms with Gasteiger partial charge in [0.2, 0.25) is 0 Å². The van der Waals surface area contributed by atoms with Gasteiger partial charge in [-0.3, -0.25) is 4.99 Å². The molecule has 0 aliphatic carbocycles. The molecule has 3 heteroatoms. The highest BCUT2D eigenvalue weighted by Gasteiger charge is 2.06. The summed E-state index contributed by atoms with van der Waals surface area (Å²) in [5.41, 5.74) is 2.65. The minimum atomic E-state index is 0.451. The van der Waals surface area contributed by atoms with Crippen molar-refractivity contribution in [3.05, 3.63) is 48.0 Å². The van der Waals surface area contributed by atoms with E-state index in [9.17, 15) is 0 Å². The van der Waals surface area contributed by atoms with Crippen molar-refractivity contribution in [1.82, 2.24) is 10.6 Å². The van der Waals surface area contributed by atoms with Crippen LogP contribution in [0.5, 0.6) is 0 Å². The molecule has 0 bridgehead atoms. The third-order valence-corrected chi connectivity index (χ3v) is 2.82. The molecule has 0 radical (unpaired) electrons. The maximum Gasteiger partial charge on any atom is 0.191 e. The van der Waals surface area contributed by atoms with E-state index < -0.39 is 0 Å². The van der Waals surface area contributed by atoms with Gasteiger partial charge in [0.25, 0.3) is 0 Å². The molecule has 2 N–H and O–H groups in total. The van der Waals surface area contributed by atoms with E-state index in [4.69, 9.17) is 0 Å². The van der Waals surface area contributed by atoms with Crippen LogP contribution in [0.3, 0.4) is 0 Å². The fourth-order valence-corrected chi connectivity index (χ4v) is 1.73. The number of benzene rings is 1. The summed E-state index contributed by atoms with van der Waals surface area (Å²) in [6.07, 6.45) is 1.82. The summed E-state index contributed by atoms with van der Waals surface area (Å²) in [7, 11) is 1.77. The molecule has 0 aliphatic heterocycles. The molecule has 1 atom stereocenters. The van der Waals surface area contributed by atoms with E-state index in [-0.39, 0.29) is 0 Å². The molecule has 0 saturated carbocycles. The average molecular weight is 245 g/mol. The summed E-state index contributed by atoms with van der Waals surface area (Å²) < 4.78 is 0. The lowest BCUT2D eigenvalue weighted by molar-refractivity contribution is 0.705. The number of nitrogens with one attached hydrogen (secondary N) is 2. The zero-order valence-corrected chi connectivity index (χ0v) is 11.5. The molecule has 0 saturated heterocycles. The highest BCUT2D eigenvalue weighted by atomic mass is 15.2.